The molecule has 0 radical (unpaired) electrons. The van der Waals surface area contributed by atoms with Crippen LogP contribution in [-0.4, -0.2) is 53.3 Å². The normalized spacial score (nSPS) is 21.2. The van der Waals surface area contributed by atoms with E-state index in [0.29, 0.717) is 12.0 Å². The minimum absolute atomic E-state index is 0.374. The minimum Gasteiger partial charge on any atom is -0.369 e. The molecule has 7 heteroatoms. The smallest absolute Gasteiger partial charge is 0.224 e. The number of fused-ring (bicyclic) bond motifs is 1. The van der Waals surface area contributed by atoms with Crippen LogP contribution >= 0.6 is 0 Å². The van der Waals surface area contributed by atoms with Crippen molar-refractivity contribution in [2.45, 2.75) is 58.0 Å². The second-order valence-corrected chi connectivity index (χ2v) is 9.97. The fraction of sp³-hybridized carbons (Fsp3) is 0.556. The number of anilines is 2. The Balaban J connectivity index is 1.44. The van der Waals surface area contributed by atoms with E-state index in [1.165, 1.54) is 29.7 Å². The van der Waals surface area contributed by atoms with Crippen molar-refractivity contribution in [3.05, 3.63) is 36.7 Å². The predicted octanol–water partition coefficient (Wildman–Crippen LogP) is 4.24. The van der Waals surface area contributed by atoms with E-state index in [-0.39, 0.29) is 0 Å². The van der Waals surface area contributed by atoms with Crippen LogP contribution < -0.4 is 21.3 Å². The van der Waals surface area contributed by atoms with Gasteiger partial charge in [0.15, 0.2) is 0 Å². The van der Waals surface area contributed by atoms with Gasteiger partial charge in [-0.2, -0.15) is 4.98 Å². The van der Waals surface area contributed by atoms with Crippen LogP contribution in [-0.2, 0) is 6.54 Å². The van der Waals surface area contributed by atoms with Gasteiger partial charge in [-0.05, 0) is 55.7 Å². The first kappa shape index (κ1) is 23.1. The number of rotatable bonds is 8. The molecular formula is C27H39N7. The topological polar surface area (TPSA) is 84.0 Å². The summed E-state index contributed by atoms with van der Waals surface area (Å²) < 4.78 is 2.36. The lowest BCUT2D eigenvalue weighted by molar-refractivity contribution is 0.297. The molecule has 182 valence electrons. The second-order valence-electron chi connectivity index (χ2n) is 9.97. The Morgan fingerprint density at radius 3 is 2.59 bits per heavy atom. The first-order valence-corrected chi connectivity index (χ1v) is 13.1. The molecule has 2 aromatic heterocycles. The van der Waals surface area contributed by atoms with E-state index < -0.39 is 0 Å². The van der Waals surface area contributed by atoms with Gasteiger partial charge in [0.05, 0.1) is 0 Å². The van der Waals surface area contributed by atoms with E-state index in [9.17, 15) is 0 Å². The van der Waals surface area contributed by atoms with Gasteiger partial charge >= 0.3 is 0 Å². The molecule has 5 rings (SSSR count). The average Bonchev–Trinajstić information content (AvgIpc) is 3.24. The van der Waals surface area contributed by atoms with Gasteiger partial charge in [0.1, 0.15) is 5.65 Å². The molecule has 0 spiro atoms. The van der Waals surface area contributed by atoms with Crippen molar-refractivity contribution in [3.63, 3.8) is 0 Å². The first-order valence-electron chi connectivity index (χ1n) is 13.1. The zero-order valence-corrected chi connectivity index (χ0v) is 20.5. The van der Waals surface area contributed by atoms with Gasteiger partial charge in [-0.15, -0.1) is 0 Å². The fourth-order valence-corrected chi connectivity index (χ4v) is 5.32. The molecule has 1 saturated heterocycles. The Bertz CT molecular complexity index is 1060. The number of aromatic nitrogens is 3. The molecule has 7 nitrogen and oxygen atoms in total. The van der Waals surface area contributed by atoms with E-state index in [0.717, 1.165) is 81.9 Å². The molecule has 2 aliphatic rings. The molecule has 0 atom stereocenters. The molecule has 4 N–H and O–H groups in total. The van der Waals surface area contributed by atoms with Crippen LogP contribution in [0.1, 0.15) is 45.4 Å². The molecular weight excluding hydrogens is 422 g/mol. The number of unbranched alkanes of at least 4 members (excludes halogenated alkanes) is 1. The lowest BCUT2D eigenvalue weighted by Crippen LogP contribution is -2.43. The Morgan fingerprint density at radius 1 is 1.09 bits per heavy atom. The van der Waals surface area contributed by atoms with E-state index >= 15 is 0 Å². The van der Waals surface area contributed by atoms with E-state index in [4.69, 9.17) is 10.7 Å². The number of nitrogens with two attached hydrogens (primary N) is 1. The summed E-state index contributed by atoms with van der Waals surface area (Å²) in [4.78, 5) is 12.1. The van der Waals surface area contributed by atoms with Crippen molar-refractivity contribution in [2.75, 3.05) is 42.9 Å². The third kappa shape index (κ3) is 5.20. The van der Waals surface area contributed by atoms with Gasteiger partial charge in [0, 0.05) is 74.3 Å². The van der Waals surface area contributed by atoms with E-state index in [1.54, 1.807) is 0 Å². The standard InChI is InChI=1S/C27H39N7/c1-2-3-12-30-27-31-17-24-25(21-6-10-23(11-7-21)33-15-13-29-14-16-33)19-34(26(24)32-27)18-20-4-8-22(28)9-5-20/h6-7,10-11,17,19-20,22,29H,2-5,8-9,12-16,18,28H2,1H3,(H,30,31,32). The molecule has 0 unspecified atom stereocenters. The zero-order valence-electron chi connectivity index (χ0n) is 20.5. The summed E-state index contributed by atoms with van der Waals surface area (Å²) in [6, 6.07) is 9.40. The maximum atomic E-state index is 6.16. The summed E-state index contributed by atoms with van der Waals surface area (Å²) in [6.45, 7) is 8.32. The van der Waals surface area contributed by atoms with Crippen LogP contribution in [0.25, 0.3) is 22.2 Å². The molecule has 34 heavy (non-hydrogen) atoms. The SMILES string of the molecule is CCCCNc1ncc2c(-c3ccc(N4CCNCC4)cc3)cn(CC3CCC(N)CC3)c2n1. The molecule has 0 bridgehead atoms. The third-order valence-electron chi connectivity index (χ3n) is 7.44. The van der Waals surface area contributed by atoms with Gasteiger partial charge < -0.3 is 25.8 Å². The van der Waals surface area contributed by atoms with Crippen molar-refractivity contribution in [1.29, 1.82) is 0 Å². The molecule has 3 heterocycles. The highest BCUT2D eigenvalue weighted by Crippen LogP contribution is 2.33. The fourth-order valence-electron chi connectivity index (χ4n) is 5.32. The van der Waals surface area contributed by atoms with Gasteiger partial charge in [-0.3, -0.25) is 0 Å². The number of piperazine rings is 1. The third-order valence-corrected chi connectivity index (χ3v) is 7.44. The quantitative estimate of drug-likeness (QED) is 0.435. The number of hydrogen-bond acceptors (Lipinski definition) is 6. The Hall–Kier alpha value is -2.64. The average molecular weight is 462 g/mol. The van der Waals surface area contributed by atoms with Gasteiger partial charge in [-0.25, -0.2) is 4.98 Å². The van der Waals surface area contributed by atoms with E-state index in [1.807, 2.05) is 6.20 Å². The number of benzene rings is 1. The highest BCUT2D eigenvalue weighted by Gasteiger charge is 2.21. The molecule has 1 aliphatic heterocycles. The van der Waals surface area contributed by atoms with Crippen LogP contribution in [0.3, 0.4) is 0 Å². The van der Waals surface area contributed by atoms with Crippen molar-refractivity contribution >= 4 is 22.7 Å². The zero-order chi connectivity index (χ0) is 23.3. The Labute approximate surface area is 203 Å². The van der Waals surface area contributed by atoms with Crippen molar-refractivity contribution in [3.8, 4) is 11.1 Å². The Kier molecular flexibility index (Phi) is 7.30. The summed E-state index contributed by atoms with van der Waals surface area (Å²) >= 11 is 0. The van der Waals surface area contributed by atoms with Crippen LogP contribution in [0.4, 0.5) is 11.6 Å². The van der Waals surface area contributed by atoms with Crippen LogP contribution in [0, 0.1) is 5.92 Å². The molecule has 1 saturated carbocycles. The molecule has 0 amide bonds. The maximum Gasteiger partial charge on any atom is 0.224 e. The lowest BCUT2D eigenvalue weighted by atomic mass is 9.86. The monoisotopic (exact) mass is 461 g/mol. The summed E-state index contributed by atoms with van der Waals surface area (Å²) in [5.41, 5.74) is 10.9. The van der Waals surface area contributed by atoms with Crippen LogP contribution in [0.2, 0.25) is 0 Å². The number of nitrogens with zero attached hydrogens (tertiary/aromatic N) is 4. The van der Waals surface area contributed by atoms with Gasteiger partial charge in [-0.1, -0.05) is 25.5 Å². The van der Waals surface area contributed by atoms with Gasteiger partial charge in [0.2, 0.25) is 5.95 Å². The number of nitrogens with one attached hydrogen (secondary N) is 2. The number of hydrogen-bond donors (Lipinski definition) is 3. The summed E-state index contributed by atoms with van der Waals surface area (Å²) in [6.07, 6.45) is 11.2. The summed E-state index contributed by atoms with van der Waals surface area (Å²) in [5, 5.41) is 7.96. The highest BCUT2D eigenvalue weighted by molar-refractivity contribution is 5.94. The second kappa shape index (κ2) is 10.7. The van der Waals surface area contributed by atoms with Crippen LogP contribution in [0.15, 0.2) is 36.7 Å². The predicted molar refractivity (Wildman–Crippen MR) is 141 cm³/mol. The lowest BCUT2D eigenvalue weighted by Gasteiger charge is -2.29. The molecule has 1 aromatic carbocycles. The van der Waals surface area contributed by atoms with Crippen LogP contribution in [0.5, 0.6) is 0 Å². The molecule has 2 fully saturated rings. The first-order chi connectivity index (χ1) is 16.7. The van der Waals surface area contributed by atoms with Crippen molar-refractivity contribution in [1.82, 2.24) is 19.9 Å². The largest absolute Gasteiger partial charge is 0.369 e. The van der Waals surface area contributed by atoms with E-state index in [2.05, 4.69) is 62.5 Å². The Morgan fingerprint density at radius 2 is 1.85 bits per heavy atom. The van der Waals surface area contributed by atoms with Crippen molar-refractivity contribution in [2.24, 2.45) is 11.7 Å². The summed E-state index contributed by atoms with van der Waals surface area (Å²) in [7, 11) is 0. The maximum absolute atomic E-state index is 6.16. The van der Waals surface area contributed by atoms with Gasteiger partial charge in [0.25, 0.3) is 0 Å². The van der Waals surface area contributed by atoms with Crippen molar-refractivity contribution < 1.29 is 0 Å². The highest BCUT2D eigenvalue weighted by atomic mass is 15.2. The molecule has 3 aromatic rings. The summed E-state index contributed by atoms with van der Waals surface area (Å²) in [5.74, 6) is 1.39. The molecule has 1 aliphatic carbocycles. The minimum atomic E-state index is 0.374.